The number of aryl methyl sites for hydroxylation is 1. The second-order valence-electron chi connectivity index (χ2n) is 6.00. The maximum Gasteiger partial charge on any atom is 0.257 e. The normalized spacial score (nSPS) is 10.9. The highest BCUT2D eigenvalue weighted by Gasteiger charge is 2.16. The molecule has 0 fully saturated rings. The Balaban J connectivity index is 2.19. The molecule has 0 saturated heterocycles. The molecule has 4 nitrogen and oxygen atoms in total. The largest absolute Gasteiger partial charge is 0.396 e. The van der Waals surface area contributed by atoms with Crippen LogP contribution in [-0.2, 0) is 13.0 Å². The quantitative estimate of drug-likeness (QED) is 0.744. The average Bonchev–Trinajstić information content (AvgIpc) is 2.62. The van der Waals surface area contributed by atoms with Crippen molar-refractivity contribution in [1.29, 1.82) is 0 Å². The number of hydrogen-bond acceptors (Lipinski definition) is 3. The molecule has 0 saturated carbocycles. The Morgan fingerprint density at radius 1 is 1.19 bits per heavy atom. The van der Waals surface area contributed by atoms with E-state index in [0.717, 1.165) is 5.56 Å². The van der Waals surface area contributed by atoms with Crippen molar-refractivity contribution in [2.45, 2.75) is 19.9 Å². The third-order valence-electron chi connectivity index (χ3n) is 4.16. The van der Waals surface area contributed by atoms with Crippen LogP contribution in [0.25, 0.3) is 11.4 Å². The van der Waals surface area contributed by atoms with Crippen LogP contribution in [0.1, 0.15) is 16.8 Å². The first-order chi connectivity index (χ1) is 12.5. The molecule has 1 N–H and O–H groups in total. The summed E-state index contributed by atoms with van der Waals surface area (Å²) in [6.45, 7) is 1.88. The topological polar surface area (TPSA) is 55.1 Å². The molecule has 0 unspecified atom stereocenters. The van der Waals surface area contributed by atoms with Gasteiger partial charge in [-0.3, -0.25) is 9.36 Å². The fourth-order valence-electron chi connectivity index (χ4n) is 2.88. The van der Waals surface area contributed by atoms with Crippen LogP contribution in [0.3, 0.4) is 0 Å². The van der Waals surface area contributed by atoms with E-state index in [1.54, 1.807) is 31.2 Å². The molecule has 2 aromatic carbocycles. The fourth-order valence-corrected chi connectivity index (χ4v) is 3.10. The summed E-state index contributed by atoms with van der Waals surface area (Å²) < 4.78 is 14.8. The molecular formula is C20H18ClFN2O2. The second kappa shape index (κ2) is 7.81. The van der Waals surface area contributed by atoms with E-state index in [2.05, 4.69) is 4.98 Å². The molecule has 0 radical (unpaired) electrons. The minimum Gasteiger partial charge on any atom is -0.396 e. The van der Waals surface area contributed by atoms with Crippen LogP contribution in [0.15, 0.2) is 53.3 Å². The minimum absolute atomic E-state index is 0.134. The highest BCUT2D eigenvalue weighted by atomic mass is 35.5. The van der Waals surface area contributed by atoms with Gasteiger partial charge in [-0.05, 0) is 48.9 Å². The predicted octanol–water partition coefficient (Wildman–Crippen LogP) is 3.59. The highest BCUT2D eigenvalue weighted by molar-refractivity contribution is 6.30. The van der Waals surface area contributed by atoms with Crippen molar-refractivity contribution in [3.63, 3.8) is 0 Å². The number of rotatable bonds is 5. The average molecular weight is 373 g/mol. The van der Waals surface area contributed by atoms with Crippen molar-refractivity contribution in [2.75, 3.05) is 6.61 Å². The molecule has 0 bridgehead atoms. The summed E-state index contributed by atoms with van der Waals surface area (Å²) in [4.78, 5) is 17.6. The molecule has 3 rings (SSSR count). The van der Waals surface area contributed by atoms with Gasteiger partial charge in [0.2, 0.25) is 0 Å². The van der Waals surface area contributed by atoms with Gasteiger partial charge in [-0.15, -0.1) is 0 Å². The van der Waals surface area contributed by atoms with Crippen molar-refractivity contribution in [3.8, 4) is 11.4 Å². The number of aliphatic hydroxyl groups excluding tert-OH is 1. The summed E-state index contributed by atoms with van der Waals surface area (Å²) in [5.41, 5.74) is 2.31. The Bertz CT molecular complexity index is 984. The minimum atomic E-state index is -0.355. The predicted molar refractivity (Wildman–Crippen MR) is 100.0 cm³/mol. The maximum absolute atomic E-state index is 13.3. The molecule has 0 amide bonds. The molecule has 3 aromatic rings. The van der Waals surface area contributed by atoms with E-state index < -0.39 is 0 Å². The van der Waals surface area contributed by atoms with Gasteiger partial charge in [0, 0.05) is 34.9 Å². The Labute approximate surface area is 155 Å². The van der Waals surface area contributed by atoms with Gasteiger partial charge in [-0.2, -0.15) is 0 Å². The van der Waals surface area contributed by atoms with Crippen molar-refractivity contribution in [1.82, 2.24) is 9.55 Å². The van der Waals surface area contributed by atoms with Crippen LogP contribution < -0.4 is 5.56 Å². The number of hydrogen-bond donors (Lipinski definition) is 1. The molecule has 1 heterocycles. The van der Waals surface area contributed by atoms with Crippen LogP contribution >= 0.6 is 11.6 Å². The molecule has 0 aliphatic heterocycles. The van der Waals surface area contributed by atoms with E-state index in [9.17, 15) is 14.3 Å². The van der Waals surface area contributed by atoms with Crippen molar-refractivity contribution in [3.05, 3.63) is 86.5 Å². The molecule has 1 aromatic heterocycles. The Morgan fingerprint density at radius 2 is 1.92 bits per heavy atom. The summed E-state index contributed by atoms with van der Waals surface area (Å²) in [6.07, 6.45) is 0.233. The Kier molecular flexibility index (Phi) is 5.49. The second-order valence-corrected chi connectivity index (χ2v) is 6.44. The smallest absolute Gasteiger partial charge is 0.257 e. The molecule has 6 heteroatoms. The lowest BCUT2D eigenvalue weighted by Crippen LogP contribution is -2.29. The van der Waals surface area contributed by atoms with Gasteiger partial charge >= 0.3 is 0 Å². The van der Waals surface area contributed by atoms with Crippen LogP contribution in [0, 0.1) is 12.7 Å². The first-order valence-corrected chi connectivity index (χ1v) is 8.59. The van der Waals surface area contributed by atoms with Gasteiger partial charge in [-0.1, -0.05) is 23.7 Å². The fraction of sp³-hybridized carbons (Fsp3) is 0.200. The van der Waals surface area contributed by atoms with Crippen molar-refractivity contribution < 1.29 is 9.50 Å². The number of halogens is 2. The SMILES string of the molecule is Cc1nc(-c2ccc(F)cc2)n(Cc2cccc(Cl)c2)c(=O)c1CCO. The first kappa shape index (κ1) is 18.3. The van der Waals surface area contributed by atoms with E-state index in [-0.39, 0.29) is 30.9 Å². The molecule has 134 valence electrons. The zero-order valence-electron chi connectivity index (χ0n) is 14.2. The summed E-state index contributed by atoms with van der Waals surface area (Å²) in [5.74, 6) is 0.0975. The lowest BCUT2D eigenvalue weighted by Gasteiger charge is -2.16. The van der Waals surface area contributed by atoms with Gasteiger partial charge in [0.05, 0.1) is 6.54 Å². The van der Waals surface area contributed by atoms with E-state index in [4.69, 9.17) is 11.6 Å². The molecule has 0 spiro atoms. The van der Waals surface area contributed by atoms with Crippen LogP contribution in [0.2, 0.25) is 5.02 Å². The highest BCUT2D eigenvalue weighted by Crippen LogP contribution is 2.20. The zero-order valence-corrected chi connectivity index (χ0v) is 15.0. The lowest BCUT2D eigenvalue weighted by atomic mass is 10.1. The molecule has 0 aliphatic rings. The standard InChI is InChI=1S/C20H18ClFN2O2/c1-13-18(9-10-25)20(26)24(12-14-3-2-4-16(21)11-14)19(23-13)15-5-7-17(22)8-6-15/h2-8,11,25H,9-10,12H2,1H3. The van der Waals surface area contributed by atoms with Crippen LogP contribution in [-0.4, -0.2) is 21.3 Å². The van der Waals surface area contributed by atoms with Gasteiger partial charge < -0.3 is 5.11 Å². The Morgan fingerprint density at radius 3 is 2.58 bits per heavy atom. The van der Waals surface area contributed by atoms with Crippen LogP contribution in [0.4, 0.5) is 4.39 Å². The number of aromatic nitrogens is 2. The molecule has 0 atom stereocenters. The number of benzene rings is 2. The first-order valence-electron chi connectivity index (χ1n) is 8.21. The lowest BCUT2D eigenvalue weighted by molar-refractivity contribution is 0.298. The monoisotopic (exact) mass is 372 g/mol. The zero-order chi connectivity index (χ0) is 18.7. The van der Waals surface area contributed by atoms with Crippen molar-refractivity contribution >= 4 is 11.6 Å². The van der Waals surface area contributed by atoms with E-state index in [0.29, 0.717) is 27.7 Å². The third kappa shape index (κ3) is 3.84. The van der Waals surface area contributed by atoms with Gasteiger partial charge in [0.1, 0.15) is 11.6 Å². The van der Waals surface area contributed by atoms with E-state index >= 15 is 0 Å². The summed E-state index contributed by atoms with van der Waals surface area (Å²) >= 11 is 6.05. The number of aliphatic hydroxyl groups is 1. The summed E-state index contributed by atoms with van der Waals surface area (Å²) in [6, 6.07) is 13.1. The van der Waals surface area contributed by atoms with E-state index in [1.165, 1.54) is 16.7 Å². The molecular weight excluding hydrogens is 355 g/mol. The summed E-state index contributed by atoms with van der Waals surface area (Å²) in [5, 5.41) is 9.85. The summed E-state index contributed by atoms with van der Waals surface area (Å²) in [7, 11) is 0. The van der Waals surface area contributed by atoms with Crippen LogP contribution in [0.5, 0.6) is 0 Å². The van der Waals surface area contributed by atoms with Crippen molar-refractivity contribution in [2.24, 2.45) is 0 Å². The Hall–Kier alpha value is -2.50. The van der Waals surface area contributed by atoms with E-state index in [1.807, 2.05) is 12.1 Å². The van der Waals surface area contributed by atoms with Gasteiger partial charge in [0.25, 0.3) is 5.56 Å². The maximum atomic E-state index is 13.3. The molecule has 26 heavy (non-hydrogen) atoms. The number of nitrogens with zero attached hydrogens (tertiary/aromatic N) is 2. The molecule has 0 aliphatic carbocycles. The third-order valence-corrected chi connectivity index (χ3v) is 4.40. The van der Waals surface area contributed by atoms with Gasteiger partial charge in [-0.25, -0.2) is 9.37 Å². The van der Waals surface area contributed by atoms with Gasteiger partial charge in [0.15, 0.2) is 0 Å².